The largest absolute Gasteiger partial charge is 0.394 e. The summed E-state index contributed by atoms with van der Waals surface area (Å²) in [7, 11) is 0. The Morgan fingerprint density at radius 1 is 1.35 bits per heavy atom. The summed E-state index contributed by atoms with van der Waals surface area (Å²) < 4.78 is 18.6. The van der Waals surface area contributed by atoms with E-state index in [2.05, 4.69) is 15.0 Å². The first-order valence-electron chi connectivity index (χ1n) is 5.95. The van der Waals surface area contributed by atoms with Crippen LogP contribution < -0.4 is 5.73 Å². The fraction of sp³-hybridized carbons (Fsp3) is 0.455. The third kappa shape index (κ3) is 1.83. The zero-order chi connectivity index (χ0) is 14.4. The Hall–Kier alpha value is -1.81. The van der Waals surface area contributed by atoms with Crippen LogP contribution in [0.5, 0.6) is 0 Å². The first-order valence-corrected chi connectivity index (χ1v) is 5.95. The van der Waals surface area contributed by atoms with Gasteiger partial charge in [0.05, 0.1) is 6.61 Å². The van der Waals surface area contributed by atoms with Crippen LogP contribution in [-0.4, -0.2) is 55.2 Å². The molecule has 0 bridgehead atoms. The maximum absolute atomic E-state index is 13.2. The Morgan fingerprint density at radius 2 is 2.10 bits per heavy atom. The van der Waals surface area contributed by atoms with E-state index in [9.17, 15) is 14.6 Å². The number of nitrogen functional groups attached to an aromatic ring is 1. The van der Waals surface area contributed by atoms with Crippen LogP contribution in [0.2, 0.25) is 0 Å². The number of aromatic amines is 1. The quantitative estimate of drug-likeness (QED) is 0.438. The molecule has 1 aliphatic heterocycles. The molecule has 2 aromatic heterocycles. The van der Waals surface area contributed by atoms with E-state index in [0.717, 1.165) is 0 Å². The number of rotatable bonds is 2. The van der Waals surface area contributed by atoms with Gasteiger partial charge in [0.15, 0.2) is 5.82 Å². The Bertz CT molecular complexity index is 649. The molecule has 6 N–H and O–H groups in total. The molecule has 108 valence electrons. The van der Waals surface area contributed by atoms with Crippen LogP contribution in [0.4, 0.5) is 10.2 Å². The molecule has 0 aromatic carbocycles. The Kier molecular flexibility index (Phi) is 3.05. The van der Waals surface area contributed by atoms with Gasteiger partial charge in [-0.3, -0.25) is 0 Å². The van der Waals surface area contributed by atoms with E-state index < -0.39 is 37.1 Å². The van der Waals surface area contributed by atoms with Crippen LogP contribution in [0.15, 0.2) is 6.20 Å². The molecule has 9 heteroatoms. The normalized spacial score (nSPS) is 30.2. The third-order valence-electron chi connectivity index (χ3n) is 3.40. The van der Waals surface area contributed by atoms with Crippen LogP contribution in [0.25, 0.3) is 11.0 Å². The summed E-state index contributed by atoms with van der Waals surface area (Å²) in [5, 5.41) is 28.8. The number of hydrogen-bond acceptors (Lipinski definition) is 7. The van der Waals surface area contributed by atoms with Crippen molar-refractivity contribution in [2.45, 2.75) is 24.4 Å². The second kappa shape index (κ2) is 4.63. The highest BCUT2D eigenvalue weighted by Crippen LogP contribution is 2.37. The van der Waals surface area contributed by atoms with Crippen LogP contribution in [0.3, 0.4) is 0 Å². The van der Waals surface area contributed by atoms with Crippen LogP contribution in [-0.2, 0) is 4.74 Å². The number of nitrogens with two attached hydrogens (primary N) is 1. The van der Waals surface area contributed by atoms with Gasteiger partial charge in [-0.05, 0) is 0 Å². The monoisotopic (exact) mass is 284 g/mol. The third-order valence-corrected chi connectivity index (χ3v) is 3.40. The van der Waals surface area contributed by atoms with E-state index in [4.69, 9.17) is 15.6 Å². The SMILES string of the molecule is Nc1nc(F)nc2c([C@@H]3O[C@H](CO)[C@@H](O)[C@H]3O)c[nH]c12. The molecule has 0 amide bonds. The smallest absolute Gasteiger partial charge is 0.311 e. The van der Waals surface area contributed by atoms with E-state index in [-0.39, 0.29) is 11.3 Å². The van der Waals surface area contributed by atoms with Crippen molar-refractivity contribution in [3.8, 4) is 0 Å². The molecule has 0 aliphatic carbocycles. The van der Waals surface area contributed by atoms with Gasteiger partial charge in [0.25, 0.3) is 0 Å². The fourth-order valence-corrected chi connectivity index (χ4v) is 2.39. The minimum atomic E-state index is -1.26. The molecule has 1 saturated heterocycles. The number of ether oxygens (including phenoxy) is 1. The van der Waals surface area contributed by atoms with Gasteiger partial charge in [-0.1, -0.05) is 0 Å². The molecule has 1 aliphatic rings. The number of aliphatic hydroxyl groups is 3. The van der Waals surface area contributed by atoms with Crippen molar-refractivity contribution in [2.24, 2.45) is 0 Å². The van der Waals surface area contributed by atoms with Gasteiger partial charge in [0.2, 0.25) is 0 Å². The van der Waals surface area contributed by atoms with E-state index >= 15 is 0 Å². The average Bonchev–Trinajstić information content (AvgIpc) is 2.93. The number of nitrogens with zero attached hydrogens (tertiary/aromatic N) is 2. The van der Waals surface area contributed by atoms with Crippen LogP contribution in [0.1, 0.15) is 11.7 Å². The zero-order valence-electron chi connectivity index (χ0n) is 10.2. The highest BCUT2D eigenvalue weighted by molar-refractivity contribution is 5.87. The molecule has 20 heavy (non-hydrogen) atoms. The maximum atomic E-state index is 13.2. The van der Waals surface area contributed by atoms with Crippen molar-refractivity contribution in [1.29, 1.82) is 0 Å². The molecule has 0 radical (unpaired) electrons. The molecule has 8 nitrogen and oxygen atoms in total. The lowest BCUT2D eigenvalue weighted by Crippen LogP contribution is -2.32. The zero-order valence-corrected chi connectivity index (χ0v) is 10.2. The van der Waals surface area contributed by atoms with Crippen molar-refractivity contribution in [1.82, 2.24) is 15.0 Å². The number of hydrogen-bond donors (Lipinski definition) is 5. The van der Waals surface area contributed by atoms with Gasteiger partial charge in [0, 0.05) is 11.8 Å². The standard InChI is InChI=1S/C11H13FN4O4/c12-11-15-5-3(1-14-6(5)10(13)16-11)9-8(19)7(18)4(2-17)20-9/h1,4,7-9,14,17-19H,2H2,(H2,13,15,16)/t4-,7-,8-,9+/m1/s1. The minimum Gasteiger partial charge on any atom is -0.394 e. The second-order valence-corrected chi connectivity index (χ2v) is 4.60. The number of H-pyrrole nitrogens is 1. The molecule has 0 saturated carbocycles. The summed E-state index contributed by atoms with van der Waals surface area (Å²) in [5.74, 6) is -0.0644. The van der Waals surface area contributed by atoms with E-state index in [0.29, 0.717) is 11.1 Å². The molecule has 1 fully saturated rings. The summed E-state index contributed by atoms with van der Waals surface area (Å²) in [5.41, 5.74) is 6.40. The number of anilines is 1. The highest BCUT2D eigenvalue weighted by Gasteiger charge is 2.44. The predicted octanol–water partition coefficient (Wildman–Crippen LogP) is -1.17. The van der Waals surface area contributed by atoms with E-state index in [1.807, 2.05) is 0 Å². The van der Waals surface area contributed by atoms with Crippen LogP contribution in [0, 0.1) is 6.08 Å². The van der Waals surface area contributed by atoms with E-state index in [1.165, 1.54) is 6.20 Å². The first kappa shape index (κ1) is 13.2. The average molecular weight is 284 g/mol. The Balaban J connectivity index is 2.07. The molecule has 0 unspecified atom stereocenters. The fourth-order valence-electron chi connectivity index (χ4n) is 2.39. The van der Waals surface area contributed by atoms with Gasteiger partial charge >= 0.3 is 6.08 Å². The molecule has 4 atom stereocenters. The maximum Gasteiger partial charge on any atom is 0.311 e. The lowest BCUT2D eigenvalue weighted by molar-refractivity contribution is -0.0224. The number of halogens is 1. The lowest BCUT2D eigenvalue weighted by Gasteiger charge is -2.13. The topological polar surface area (TPSA) is 138 Å². The van der Waals surface area contributed by atoms with Gasteiger partial charge < -0.3 is 30.8 Å². The highest BCUT2D eigenvalue weighted by atomic mass is 19.1. The number of nitrogens with one attached hydrogen (secondary N) is 1. The minimum absolute atomic E-state index is 0.0644. The van der Waals surface area contributed by atoms with Crippen molar-refractivity contribution in [3.63, 3.8) is 0 Å². The molecule has 0 spiro atoms. The van der Waals surface area contributed by atoms with Crippen molar-refractivity contribution >= 4 is 16.9 Å². The first-order chi connectivity index (χ1) is 9.52. The van der Waals surface area contributed by atoms with Gasteiger partial charge in [0.1, 0.15) is 35.4 Å². The second-order valence-electron chi connectivity index (χ2n) is 4.60. The molecule has 3 heterocycles. The Morgan fingerprint density at radius 3 is 2.75 bits per heavy atom. The molecular weight excluding hydrogens is 271 g/mol. The number of aliphatic hydroxyl groups excluding tert-OH is 3. The van der Waals surface area contributed by atoms with Gasteiger partial charge in [-0.15, -0.1) is 0 Å². The summed E-state index contributed by atoms with van der Waals surface area (Å²) >= 11 is 0. The summed E-state index contributed by atoms with van der Waals surface area (Å²) in [6.07, 6.45) is -3.89. The lowest BCUT2D eigenvalue weighted by atomic mass is 10.0. The summed E-state index contributed by atoms with van der Waals surface area (Å²) in [6.45, 7) is -0.442. The van der Waals surface area contributed by atoms with E-state index in [1.54, 1.807) is 0 Å². The Labute approximate surface area is 112 Å². The molecule has 3 rings (SSSR count). The molecular formula is C11H13FN4O4. The van der Waals surface area contributed by atoms with Crippen LogP contribution >= 0.6 is 0 Å². The van der Waals surface area contributed by atoms with Crippen molar-refractivity contribution < 1.29 is 24.4 Å². The van der Waals surface area contributed by atoms with Crippen molar-refractivity contribution in [3.05, 3.63) is 17.8 Å². The predicted molar refractivity (Wildman–Crippen MR) is 65.0 cm³/mol. The summed E-state index contributed by atoms with van der Waals surface area (Å²) in [4.78, 5) is 9.79. The van der Waals surface area contributed by atoms with Gasteiger partial charge in [-0.2, -0.15) is 14.4 Å². The summed E-state index contributed by atoms with van der Waals surface area (Å²) in [6, 6.07) is 0. The number of fused-ring (bicyclic) bond motifs is 1. The molecule has 2 aromatic rings. The van der Waals surface area contributed by atoms with Gasteiger partial charge in [-0.25, -0.2) is 0 Å². The number of aromatic nitrogens is 3. The van der Waals surface area contributed by atoms with Crippen molar-refractivity contribution in [2.75, 3.05) is 12.3 Å².